The molecule has 86 valence electrons. The third-order valence-corrected chi connectivity index (χ3v) is 4.00. The highest BCUT2D eigenvalue weighted by atomic mass is 16.1. The van der Waals surface area contributed by atoms with E-state index in [2.05, 4.69) is 30.4 Å². The van der Waals surface area contributed by atoms with Crippen molar-refractivity contribution in [2.45, 2.75) is 5.92 Å². The highest BCUT2D eigenvalue weighted by molar-refractivity contribution is 6.10. The second-order valence-electron chi connectivity index (χ2n) is 4.97. The third kappa shape index (κ3) is 1.19. The van der Waals surface area contributed by atoms with Crippen molar-refractivity contribution in [3.8, 4) is 0 Å². The smallest absolute Gasteiger partial charge is 0.164 e. The lowest BCUT2D eigenvalue weighted by Crippen LogP contribution is -2.39. The minimum atomic E-state index is -0.00471. The molecule has 1 aromatic rings. The van der Waals surface area contributed by atoms with Crippen LogP contribution in [0.15, 0.2) is 42.5 Å². The number of carbonyl (C=O) groups is 1. The molecular weight excluding hydrogens is 220 g/mol. The predicted molar refractivity (Wildman–Crippen MR) is 73.2 cm³/mol. The summed E-state index contributed by atoms with van der Waals surface area (Å²) >= 11 is 0. The Hall–Kier alpha value is -2.15. The van der Waals surface area contributed by atoms with Gasteiger partial charge in [-0.25, -0.2) is 0 Å². The highest BCUT2D eigenvalue weighted by Crippen LogP contribution is 2.31. The standard InChI is InChI=1S/C17H12O/c18-17-10-16-12-7-3-4-11(12)8-9-14(16)13-5-1-2-6-15(13)17/h1-10,13,15H. The summed E-state index contributed by atoms with van der Waals surface area (Å²) in [6.07, 6.45) is 16.2. The molecule has 0 spiro atoms. The lowest BCUT2D eigenvalue weighted by atomic mass is 9.76. The zero-order valence-corrected chi connectivity index (χ0v) is 9.84. The molecule has 0 radical (unpaired) electrons. The van der Waals surface area contributed by atoms with Gasteiger partial charge in [-0.2, -0.15) is 0 Å². The number of Topliss-reactive ketones (excluding diaryl/α,β-unsaturated/α-hetero) is 1. The molecule has 2 atom stereocenters. The number of ketones is 1. The summed E-state index contributed by atoms with van der Waals surface area (Å²) < 4.78 is 0. The van der Waals surface area contributed by atoms with E-state index in [9.17, 15) is 4.79 Å². The number of allylic oxidation sites excluding steroid dienone is 5. The van der Waals surface area contributed by atoms with Crippen molar-refractivity contribution in [1.29, 1.82) is 0 Å². The maximum absolute atomic E-state index is 12.2. The van der Waals surface area contributed by atoms with Crippen LogP contribution in [0.1, 0.15) is 17.0 Å². The summed E-state index contributed by atoms with van der Waals surface area (Å²) in [4.78, 5) is 12.2. The van der Waals surface area contributed by atoms with Crippen LogP contribution >= 0.6 is 0 Å². The van der Waals surface area contributed by atoms with E-state index in [1.165, 1.54) is 16.3 Å². The Bertz CT molecular complexity index is 760. The van der Waals surface area contributed by atoms with Crippen molar-refractivity contribution in [3.05, 3.63) is 64.1 Å². The molecule has 1 nitrogen and oxygen atoms in total. The quantitative estimate of drug-likeness (QED) is 0.665. The summed E-state index contributed by atoms with van der Waals surface area (Å²) in [5.41, 5.74) is 2.49. The van der Waals surface area contributed by atoms with Crippen molar-refractivity contribution in [3.63, 3.8) is 0 Å². The molecule has 0 bridgehead atoms. The molecule has 0 fully saturated rings. The summed E-state index contributed by atoms with van der Waals surface area (Å²) in [7, 11) is 0. The van der Waals surface area contributed by atoms with Crippen LogP contribution in [0.25, 0.3) is 18.2 Å². The summed E-state index contributed by atoms with van der Waals surface area (Å²) in [5, 5.41) is 2.31. The van der Waals surface area contributed by atoms with E-state index < -0.39 is 0 Å². The van der Waals surface area contributed by atoms with Gasteiger partial charge in [-0.3, -0.25) is 4.79 Å². The molecule has 0 N–H and O–H groups in total. The van der Waals surface area contributed by atoms with Gasteiger partial charge in [-0.1, -0.05) is 54.7 Å². The molecule has 4 rings (SSSR count). The van der Waals surface area contributed by atoms with Gasteiger partial charge in [-0.15, -0.1) is 0 Å². The largest absolute Gasteiger partial charge is 0.294 e. The molecule has 0 aromatic heterocycles. The van der Waals surface area contributed by atoms with E-state index in [1.54, 1.807) is 0 Å². The van der Waals surface area contributed by atoms with Crippen LogP contribution in [0.2, 0.25) is 0 Å². The number of fused-ring (bicyclic) bond motifs is 5. The van der Waals surface area contributed by atoms with Gasteiger partial charge in [0.1, 0.15) is 0 Å². The average molecular weight is 232 g/mol. The Morgan fingerprint density at radius 2 is 1.72 bits per heavy atom. The van der Waals surface area contributed by atoms with Crippen LogP contribution in [0, 0.1) is 5.92 Å². The van der Waals surface area contributed by atoms with Gasteiger partial charge in [-0.05, 0) is 27.6 Å². The van der Waals surface area contributed by atoms with Crippen LogP contribution in [-0.2, 0) is 4.79 Å². The lowest BCUT2D eigenvalue weighted by molar-refractivity contribution is -0.116. The van der Waals surface area contributed by atoms with E-state index in [0.29, 0.717) is 0 Å². The van der Waals surface area contributed by atoms with E-state index in [1.807, 2.05) is 30.4 Å². The van der Waals surface area contributed by atoms with Gasteiger partial charge in [0, 0.05) is 5.92 Å². The molecule has 0 amide bonds. The zero-order chi connectivity index (χ0) is 12.1. The van der Waals surface area contributed by atoms with Crippen molar-refractivity contribution in [1.82, 2.24) is 0 Å². The molecule has 0 heterocycles. The molecule has 1 aromatic carbocycles. The molecule has 3 aliphatic rings. The first-order chi connectivity index (χ1) is 8.84. The van der Waals surface area contributed by atoms with Gasteiger partial charge < -0.3 is 0 Å². The number of carbonyl (C=O) groups excluding carboxylic acids is 1. The second-order valence-corrected chi connectivity index (χ2v) is 4.97. The van der Waals surface area contributed by atoms with E-state index in [4.69, 9.17) is 0 Å². The summed E-state index contributed by atoms with van der Waals surface area (Å²) in [6.45, 7) is 0. The molecular formula is C17H12O. The number of hydrogen-bond acceptors (Lipinski definition) is 1. The molecule has 2 unspecified atom stereocenters. The fraction of sp³-hybridized carbons (Fsp3) is 0.118. The van der Waals surface area contributed by atoms with Crippen LogP contribution in [0.5, 0.6) is 0 Å². The van der Waals surface area contributed by atoms with Crippen molar-refractivity contribution < 1.29 is 4.79 Å². The zero-order valence-electron chi connectivity index (χ0n) is 9.84. The maximum atomic E-state index is 12.2. The number of hydrogen-bond donors (Lipinski definition) is 0. The first-order valence-electron chi connectivity index (χ1n) is 6.26. The molecule has 0 aliphatic heterocycles. The molecule has 1 heteroatoms. The van der Waals surface area contributed by atoms with Crippen molar-refractivity contribution in [2.24, 2.45) is 5.92 Å². The predicted octanol–water partition coefficient (Wildman–Crippen LogP) is 1.68. The first-order valence-corrected chi connectivity index (χ1v) is 6.26. The van der Waals surface area contributed by atoms with Crippen molar-refractivity contribution in [2.75, 3.05) is 0 Å². The highest BCUT2D eigenvalue weighted by Gasteiger charge is 2.30. The Balaban J connectivity index is 2.08. The Labute approximate surface area is 105 Å². The SMILES string of the molecule is O=C1C=c2c(ccc3c2=CC=C3)C2C=CC=CC12. The first kappa shape index (κ1) is 9.84. The topological polar surface area (TPSA) is 17.1 Å². The minimum Gasteiger partial charge on any atom is -0.294 e. The average Bonchev–Trinajstić information content (AvgIpc) is 2.88. The van der Waals surface area contributed by atoms with Crippen LogP contribution in [0.4, 0.5) is 0 Å². The molecule has 3 aliphatic carbocycles. The van der Waals surface area contributed by atoms with Crippen LogP contribution < -0.4 is 10.4 Å². The Kier molecular flexibility index (Phi) is 1.87. The van der Waals surface area contributed by atoms with E-state index in [-0.39, 0.29) is 17.6 Å². The monoisotopic (exact) mass is 232 g/mol. The molecule has 18 heavy (non-hydrogen) atoms. The third-order valence-electron chi connectivity index (χ3n) is 4.00. The second kappa shape index (κ2) is 3.42. The van der Waals surface area contributed by atoms with Crippen LogP contribution in [0.3, 0.4) is 0 Å². The lowest BCUT2D eigenvalue weighted by Gasteiger charge is -2.26. The summed E-state index contributed by atoms with van der Waals surface area (Å²) in [5.74, 6) is 0.429. The molecule has 0 saturated heterocycles. The fourth-order valence-electron chi connectivity index (χ4n) is 3.12. The van der Waals surface area contributed by atoms with Gasteiger partial charge in [0.2, 0.25) is 0 Å². The van der Waals surface area contributed by atoms with Crippen LogP contribution in [-0.4, -0.2) is 5.78 Å². The van der Waals surface area contributed by atoms with Gasteiger partial charge >= 0.3 is 0 Å². The van der Waals surface area contributed by atoms with E-state index in [0.717, 1.165) is 5.22 Å². The maximum Gasteiger partial charge on any atom is 0.164 e. The molecule has 0 saturated carbocycles. The van der Waals surface area contributed by atoms with E-state index >= 15 is 0 Å². The number of rotatable bonds is 0. The Morgan fingerprint density at radius 1 is 0.889 bits per heavy atom. The number of benzene rings is 1. The minimum absolute atomic E-state index is 0.00471. The van der Waals surface area contributed by atoms with Gasteiger partial charge in [0.25, 0.3) is 0 Å². The van der Waals surface area contributed by atoms with Crippen molar-refractivity contribution >= 4 is 24.0 Å². The fourth-order valence-corrected chi connectivity index (χ4v) is 3.12. The van der Waals surface area contributed by atoms with Gasteiger partial charge in [0.05, 0.1) is 5.92 Å². The summed E-state index contributed by atoms with van der Waals surface area (Å²) in [6, 6.07) is 4.32. The van der Waals surface area contributed by atoms with Gasteiger partial charge in [0.15, 0.2) is 5.78 Å². The normalized spacial score (nSPS) is 26.1. The Morgan fingerprint density at radius 3 is 2.61 bits per heavy atom.